The summed E-state index contributed by atoms with van der Waals surface area (Å²) in [6.07, 6.45) is 0.497. The summed E-state index contributed by atoms with van der Waals surface area (Å²) in [5.41, 5.74) is 0.839. The molecule has 2 rings (SSSR count). The molecular formula is C13H15Cl2NO3. The molecule has 0 spiro atoms. The molecule has 0 aromatic heterocycles. The maximum Gasteiger partial charge on any atom is 0.226 e. The topological polar surface area (TPSA) is 47.6 Å². The van der Waals surface area contributed by atoms with Crippen molar-refractivity contribution in [3.63, 3.8) is 0 Å². The van der Waals surface area contributed by atoms with E-state index in [9.17, 15) is 4.79 Å². The number of halogens is 2. The normalized spacial score (nSPS) is 19.7. The Hall–Kier alpha value is -1.13. The Balaban J connectivity index is 2.02. The lowest BCUT2D eigenvalue weighted by molar-refractivity contribution is -0.122. The summed E-state index contributed by atoms with van der Waals surface area (Å²) >= 11 is 11.7. The third kappa shape index (κ3) is 3.07. The Morgan fingerprint density at radius 1 is 1.42 bits per heavy atom. The van der Waals surface area contributed by atoms with Crippen LogP contribution < -0.4 is 14.8 Å². The predicted molar refractivity (Wildman–Crippen MR) is 73.9 cm³/mol. The molecule has 1 unspecified atom stereocenters. The summed E-state index contributed by atoms with van der Waals surface area (Å²) in [5.74, 6) is 0.774. The summed E-state index contributed by atoms with van der Waals surface area (Å²) in [7, 11) is 3.13. The lowest BCUT2D eigenvalue weighted by atomic mass is 10.2. The van der Waals surface area contributed by atoms with E-state index < -0.39 is 4.33 Å². The molecule has 0 heterocycles. The minimum absolute atomic E-state index is 0.144. The van der Waals surface area contributed by atoms with Gasteiger partial charge in [0.1, 0.15) is 4.33 Å². The first-order valence-electron chi connectivity index (χ1n) is 5.85. The van der Waals surface area contributed by atoms with Gasteiger partial charge in [-0.1, -0.05) is 12.1 Å². The standard InChI is InChI=1S/C13H15Cl2NO3/c1-18-10-5-3-4-8(11(10)19-2)7-16-12(17)9-6-13(9,14)15/h3-5,9H,6-7H2,1-2H3,(H,16,17). The van der Waals surface area contributed by atoms with Crippen molar-refractivity contribution in [2.45, 2.75) is 17.3 Å². The van der Waals surface area contributed by atoms with E-state index in [1.807, 2.05) is 12.1 Å². The summed E-state index contributed by atoms with van der Waals surface area (Å²) in [5, 5.41) is 2.80. The summed E-state index contributed by atoms with van der Waals surface area (Å²) in [6, 6.07) is 5.50. The second-order valence-electron chi connectivity index (χ2n) is 4.39. The fourth-order valence-corrected chi connectivity index (χ4v) is 2.40. The zero-order valence-corrected chi connectivity index (χ0v) is 12.2. The van der Waals surface area contributed by atoms with Gasteiger partial charge in [-0.05, 0) is 12.5 Å². The Bertz CT molecular complexity index is 491. The van der Waals surface area contributed by atoms with E-state index in [-0.39, 0.29) is 11.8 Å². The lowest BCUT2D eigenvalue weighted by Crippen LogP contribution is -2.26. The van der Waals surface area contributed by atoms with Gasteiger partial charge < -0.3 is 14.8 Å². The number of nitrogens with one attached hydrogen (secondary N) is 1. The number of alkyl halides is 2. The Morgan fingerprint density at radius 3 is 2.63 bits per heavy atom. The van der Waals surface area contributed by atoms with Gasteiger partial charge in [-0.15, -0.1) is 23.2 Å². The molecular weight excluding hydrogens is 289 g/mol. The first-order valence-corrected chi connectivity index (χ1v) is 6.60. The average Bonchev–Trinajstić information content (AvgIpc) is 3.04. The maximum absolute atomic E-state index is 11.8. The molecule has 1 aliphatic rings. The van der Waals surface area contributed by atoms with Gasteiger partial charge in [0, 0.05) is 12.1 Å². The second kappa shape index (κ2) is 5.47. The fraction of sp³-hybridized carbons (Fsp3) is 0.462. The van der Waals surface area contributed by atoms with Crippen molar-refractivity contribution in [1.82, 2.24) is 5.32 Å². The summed E-state index contributed by atoms with van der Waals surface area (Å²) < 4.78 is 9.58. The zero-order valence-electron chi connectivity index (χ0n) is 10.7. The number of benzene rings is 1. The molecule has 1 saturated carbocycles. The van der Waals surface area contributed by atoms with Gasteiger partial charge in [-0.2, -0.15) is 0 Å². The van der Waals surface area contributed by atoms with E-state index in [4.69, 9.17) is 32.7 Å². The van der Waals surface area contributed by atoms with E-state index in [2.05, 4.69) is 5.32 Å². The van der Waals surface area contributed by atoms with E-state index in [1.54, 1.807) is 20.3 Å². The molecule has 1 amide bonds. The molecule has 6 heteroatoms. The van der Waals surface area contributed by atoms with Gasteiger partial charge in [0.15, 0.2) is 11.5 Å². The highest BCUT2D eigenvalue weighted by molar-refractivity contribution is 6.52. The van der Waals surface area contributed by atoms with Crippen LogP contribution in [0.2, 0.25) is 0 Å². The van der Waals surface area contributed by atoms with Gasteiger partial charge >= 0.3 is 0 Å². The number of para-hydroxylation sites is 1. The van der Waals surface area contributed by atoms with Gasteiger partial charge in [0.25, 0.3) is 0 Å². The monoisotopic (exact) mass is 303 g/mol. The lowest BCUT2D eigenvalue weighted by Gasteiger charge is -2.13. The van der Waals surface area contributed by atoms with Crippen molar-refractivity contribution in [3.8, 4) is 11.5 Å². The van der Waals surface area contributed by atoms with Crippen molar-refractivity contribution in [2.24, 2.45) is 5.92 Å². The fourth-order valence-electron chi connectivity index (χ4n) is 1.90. The van der Waals surface area contributed by atoms with Crippen LogP contribution in [0.15, 0.2) is 18.2 Å². The van der Waals surface area contributed by atoms with Crippen LogP contribution in [0, 0.1) is 5.92 Å². The molecule has 104 valence electrons. The molecule has 0 aliphatic heterocycles. The zero-order chi connectivity index (χ0) is 14.0. The molecule has 19 heavy (non-hydrogen) atoms. The first kappa shape index (κ1) is 14.3. The number of hydrogen-bond donors (Lipinski definition) is 1. The number of rotatable bonds is 5. The average molecular weight is 304 g/mol. The van der Waals surface area contributed by atoms with Crippen LogP contribution >= 0.6 is 23.2 Å². The smallest absolute Gasteiger partial charge is 0.226 e. The SMILES string of the molecule is COc1cccc(CNC(=O)C2CC2(Cl)Cl)c1OC. The third-order valence-electron chi connectivity index (χ3n) is 3.08. The number of methoxy groups -OCH3 is 2. The molecule has 1 aliphatic carbocycles. The van der Waals surface area contributed by atoms with E-state index in [0.717, 1.165) is 5.56 Å². The number of carbonyl (C=O) groups excluding carboxylic acids is 1. The summed E-state index contributed by atoms with van der Waals surface area (Å²) in [6.45, 7) is 0.347. The van der Waals surface area contributed by atoms with Crippen molar-refractivity contribution >= 4 is 29.1 Å². The Kier molecular flexibility index (Phi) is 4.11. The predicted octanol–water partition coefficient (Wildman–Crippen LogP) is 2.51. The molecule has 4 nitrogen and oxygen atoms in total. The molecule has 1 aromatic carbocycles. The third-order valence-corrected chi connectivity index (χ3v) is 3.92. The van der Waals surface area contributed by atoms with Gasteiger partial charge in [-0.25, -0.2) is 0 Å². The highest BCUT2D eigenvalue weighted by atomic mass is 35.5. The van der Waals surface area contributed by atoms with Crippen LogP contribution in [-0.4, -0.2) is 24.5 Å². The molecule has 1 N–H and O–H groups in total. The quantitative estimate of drug-likeness (QED) is 0.850. The molecule has 1 aromatic rings. The van der Waals surface area contributed by atoms with Crippen LogP contribution in [-0.2, 0) is 11.3 Å². The van der Waals surface area contributed by atoms with Crippen molar-refractivity contribution in [1.29, 1.82) is 0 Å². The van der Waals surface area contributed by atoms with E-state index in [0.29, 0.717) is 24.5 Å². The highest BCUT2D eigenvalue weighted by Crippen LogP contribution is 2.53. The number of ether oxygens (including phenoxy) is 2. The van der Waals surface area contributed by atoms with Crippen LogP contribution in [0.3, 0.4) is 0 Å². The molecule has 0 radical (unpaired) electrons. The summed E-state index contributed by atoms with van der Waals surface area (Å²) in [4.78, 5) is 11.8. The highest BCUT2D eigenvalue weighted by Gasteiger charge is 2.56. The van der Waals surface area contributed by atoms with Gasteiger partial charge in [-0.3, -0.25) is 4.79 Å². The largest absolute Gasteiger partial charge is 0.493 e. The second-order valence-corrected chi connectivity index (χ2v) is 5.93. The first-order chi connectivity index (χ1) is 8.99. The van der Waals surface area contributed by atoms with Gasteiger partial charge in [0.2, 0.25) is 5.91 Å². The van der Waals surface area contributed by atoms with Gasteiger partial charge in [0.05, 0.1) is 20.1 Å². The molecule has 0 bridgehead atoms. The van der Waals surface area contributed by atoms with Crippen LogP contribution in [0.25, 0.3) is 0 Å². The van der Waals surface area contributed by atoms with E-state index in [1.165, 1.54) is 0 Å². The van der Waals surface area contributed by atoms with Crippen molar-refractivity contribution < 1.29 is 14.3 Å². The molecule has 1 fully saturated rings. The van der Waals surface area contributed by atoms with Crippen LogP contribution in [0.1, 0.15) is 12.0 Å². The number of carbonyl (C=O) groups is 1. The Morgan fingerprint density at radius 2 is 2.11 bits per heavy atom. The number of hydrogen-bond acceptors (Lipinski definition) is 3. The van der Waals surface area contributed by atoms with E-state index >= 15 is 0 Å². The minimum atomic E-state index is -0.900. The van der Waals surface area contributed by atoms with Crippen molar-refractivity contribution in [2.75, 3.05) is 14.2 Å². The minimum Gasteiger partial charge on any atom is -0.493 e. The Labute approximate surface area is 122 Å². The van der Waals surface area contributed by atoms with Crippen molar-refractivity contribution in [3.05, 3.63) is 23.8 Å². The maximum atomic E-state index is 11.8. The number of amides is 1. The van der Waals surface area contributed by atoms with Crippen LogP contribution in [0.4, 0.5) is 0 Å². The molecule has 0 saturated heterocycles. The van der Waals surface area contributed by atoms with Crippen LogP contribution in [0.5, 0.6) is 11.5 Å². The molecule has 1 atom stereocenters.